The highest BCUT2D eigenvalue weighted by Crippen LogP contribution is 2.04. The number of hydrogen-bond acceptors (Lipinski definition) is 2. The maximum Gasteiger partial charge on any atom is 0.360 e. The quantitative estimate of drug-likeness (QED) is 0.718. The molecule has 1 aromatic heterocycles. The second kappa shape index (κ2) is 3.42. The highest BCUT2D eigenvalue weighted by atomic mass is 16.5. The van der Waals surface area contributed by atoms with Crippen molar-refractivity contribution < 1.29 is 4.52 Å². The van der Waals surface area contributed by atoms with Crippen LogP contribution < -0.4 is 5.63 Å². The first kappa shape index (κ1) is 8.11. The molecule has 3 heteroatoms. The number of aromatic nitrogens is 1. The summed E-state index contributed by atoms with van der Waals surface area (Å²) in [5.74, 6) is 0. The zero-order chi connectivity index (χ0) is 8.27. The molecule has 62 valence electrons. The largest absolute Gasteiger partial charge is 0.360 e. The highest BCUT2D eigenvalue weighted by molar-refractivity contribution is 5.14. The van der Waals surface area contributed by atoms with E-state index in [1.54, 1.807) is 0 Å². The maximum atomic E-state index is 10.9. The van der Waals surface area contributed by atoms with E-state index in [0.717, 1.165) is 30.5 Å². The summed E-state index contributed by atoms with van der Waals surface area (Å²) < 4.78 is 4.66. The number of aryl methyl sites for hydroxylation is 1. The summed E-state index contributed by atoms with van der Waals surface area (Å²) in [4.78, 5) is 10.9. The summed E-state index contributed by atoms with van der Waals surface area (Å²) in [6.07, 6.45) is 2.68. The lowest BCUT2D eigenvalue weighted by atomic mass is 10.1. The first-order valence-electron chi connectivity index (χ1n) is 3.98. The number of H-pyrrole nitrogens is 1. The molecule has 0 aromatic carbocycles. The Morgan fingerprint density at radius 1 is 1.45 bits per heavy atom. The summed E-state index contributed by atoms with van der Waals surface area (Å²) in [7, 11) is 0. The predicted molar refractivity (Wildman–Crippen MR) is 42.7 cm³/mol. The van der Waals surface area contributed by atoms with Gasteiger partial charge in [0, 0.05) is 0 Å². The van der Waals surface area contributed by atoms with Crippen LogP contribution in [0.15, 0.2) is 9.32 Å². The van der Waals surface area contributed by atoms with E-state index in [9.17, 15) is 4.79 Å². The number of hydrogen-bond donors (Lipinski definition) is 1. The average molecular weight is 155 g/mol. The molecule has 0 saturated heterocycles. The van der Waals surface area contributed by atoms with Crippen molar-refractivity contribution in [2.24, 2.45) is 0 Å². The highest BCUT2D eigenvalue weighted by Gasteiger charge is 2.07. The number of rotatable bonds is 3. The minimum atomic E-state index is -0.212. The molecular weight excluding hydrogens is 142 g/mol. The fraction of sp³-hybridized carbons (Fsp3) is 0.625. The molecule has 1 rings (SSSR count). The van der Waals surface area contributed by atoms with Crippen LogP contribution in [0.1, 0.15) is 31.5 Å². The van der Waals surface area contributed by atoms with Crippen LogP contribution in [0.25, 0.3) is 0 Å². The van der Waals surface area contributed by atoms with Crippen molar-refractivity contribution in [3.8, 4) is 0 Å². The van der Waals surface area contributed by atoms with Gasteiger partial charge in [0.2, 0.25) is 0 Å². The SMILES string of the molecule is CCCc1[nH]oc(=O)c1CC. The van der Waals surface area contributed by atoms with E-state index in [2.05, 4.69) is 16.6 Å². The van der Waals surface area contributed by atoms with Crippen LogP contribution in [0.2, 0.25) is 0 Å². The molecule has 0 saturated carbocycles. The van der Waals surface area contributed by atoms with Crippen molar-refractivity contribution in [3.63, 3.8) is 0 Å². The Morgan fingerprint density at radius 2 is 2.18 bits per heavy atom. The van der Waals surface area contributed by atoms with Gasteiger partial charge in [0.05, 0.1) is 11.3 Å². The molecule has 0 aliphatic carbocycles. The molecule has 0 radical (unpaired) electrons. The zero-order valence-electron chi connectivity index (χ0n) is 6.94. The third-order valence-corrected chi connectivity index (χ3v) is 1.73. The summed E-state index contributed by atoms with van der Waals surface area (Å²) in [5.41, 5.74) is 1.54. The van der Waals surface area contributed by atoms with Crippen molar-refractivity contribution >= 4 is 0 Å². The predicted octanol–water partition coefficient (Wildman–Crippen LogP) is 1.48. The van der Waals surface area contributed by atoms with Crippen LogP contribution in [0.3, 0.4) is 0 Å². The van der Waals surface area contributed by atoms with E-state index in [4.69, 9.17) is 0 Å². The molecule has 0 atom stereocenters. The van der Waals surface area contributed by atoms with Crippen LogP contribution in [-0.4, -0.2) is 5.16 Å². The van der Waals surface area contributed by atoms with Crippen molar-refractivity contribution in [2.45, 2.75) is 33.1 Å². The number of nitrogens with one attached hydrogen (secondary N) is 1. The van der Waals surface area contributed by atoms with Gasteiger partial charge < -0.3 is 4.52 Å². The Morgan fingerprint density at radius 3 is 2.73 bits per heavy atom. The van der Waals surface area contributed by atoms with Gasteiger partial charge in [0.25, 0.3) is 0 Å². The third-order valence-electron chi connectivity index (χ3n) is 1.73. The normalized spacial score (nSPS) is 10.4. The van der Waals surface area contributed by atoms with E-state index in [-0.39, 0.29) is 5.63 Å². The van der Waals surface area contributed by atoms with Gasteiger partial charge in [-0.15, -0.1) is 0 Å². The minimum absolute atomic E-state index is 0.212. The molecule has 1 aromatic rings. The van der Waals surface area contributed by atoms with Gasteiger partial charge in [0.15, 0.2) is 0 Å². The Bertz CT molecular complexity index is 272. The molecule has 0 amide bonds. The summed E-state index contributed by atoms with van der Waals surface area (Å²) >= 11 is 0. The van der Waals surface area contributed by atoms with Gasteiger partial charge in [-0.1, -0.05) is 20.3 Å². The second-order valence-electron chi connectivity index (χ2n) is 2.55. The van der Waals surface area contributed by atoms with Gasteiger partial charge >= 0.3 is 5.63 Å². The summed E-state index contributed by atoms with van der Waals surface area (Å²) in [6.45, 7) is 4.03. The molecule has 0 spiro atoms. The molecular formula is C8H13NO2. The summed E-state index contributed by atoms with van der Waals surface area (Å²) in [6, 6.07) is 0. The first-order valence-corrected chi connectivity index (χ1v) is 3.98. The molecule has 0 aliphatic rings. The Balaban J connectivity index is 2.96. The van der Waals surface area contributed by atoms with Crippen molar-refractivity contribution in [1.29, 1.82) is 0 Å². The van der Waals surface area contributed by atoms with Gasteiger partial charge in [0.1, 0.15) is 0 Å². The van der Waals surface area contributed by atoms with E-state index in [0.29, 0.717) is 0 Å². The molecule has 1 heterocycles. The fourth-order valence-electron chi connectivity index (χ4n) is 1.16. The monoisotopic (exact) mass is 155 g/mol. The molecule has 1 N–H and O–H groups in total. The molecule has 0 unspecified atom stereocenters. The first-order chi connectivity index (χ1) is 5.29. The molecule has 0 fully saturated rings. The maximum absolute atomic E-state index is 10.9. The van der Waals surface area contributed by atoms with Crippen LogP contribution >= 0.6 is 0 Å². The molecule has 0 bridgehead atoms. The van der Waals surface area contributed by atoms with E-state index in [1.807, 2.05) is 6.92 Å². The second-order valence-corrected chi connectivity index (χ2v) is 2.55. The van der Waals surface area contributed by atoms with Crippen LogP contribution in [0.5, 0.6) is 0 Å². The third kappa shape index (κ3) is 1.53. The smallest absolute Gasteiger partial charge is 0.339 e. The van der Waals surface area contributed by atoms with Crippen LogP contribution in [-0.2, 0) is 12.8 Å². The van der Waals surface area contributed by atoms with Gasteiger partial charge in [-0.05, 0) is 12.8 Å². The Kier molecular flexibility index (Phi) is 2.52. The summed E-state index contributed by atoms with van der Waals surface area (Å²) in [5, 5.41) is 2.64. The van der Waals surface area contributed by atoms with E-state index in [1.165, 1.54) is 0 Å². The van der Waals surface area contributed by atoms with E-state index < -0.39 is 0 Å². The molecule has 0 aliphatic heterocycles. The van der Waals surface area contributed by atoms with Crippen LogP contribution in [0.4, 0.5) is 0 Å². The van der Waals surface area contributed by atoms with Gasteiger partial charge in [-0.2, -0.15) is 0 Å². The Hall–Kier alpha value is -0.990. The van der Waals surface area contributed by atoms with Crippen molar-refractivity contribution in [1.82, 2.24) is 5.16 Å². The molecule has 11 heavy (non-hydrogen) atoms. The lowest BCUT2D eigenvalue weighted by Gasteiger charge is -1.92. The van der Waals surface area contributed by atoms with Crippen LogP contribution in [0, 0.1) is 0 Å². The fourth-order valence-corrected chi connectivity index (χ4v) is 1.16. The number of aromatic amines is 1. The Labute approximate surface area is 65.4 Å². The topological polar surface area (TPSA) is 46.0 Å². The zero-order valence-corrected chi connectivity index (χ0v) is 6.94. The van der Waals surface area contributed by atoms with Gasteiger partial charge in [-0.25, -0.2) is 9.95 Å². The van der Waals surface area contributed by atoms with Gasteiger partial charge in [-0.3, -0.25) is 0 Å². The average Bonchev–Trinajstić information content (AvgIpc) is 2.33. The lowest BCUT2D eigenvalue weighted by molar-refractivity contribution is 0.383. The van der Waals surface area contributed by atoms with E-state index >= 15 is 0 Å². The van der Waals surface area contributed by atoms with Crippen molar-refractivity contribution in [2.75, 3.05) is 0 Å². The standard InChI is InChI=1S/C8H13NO2/c1-3-5-7-6(4-2)8(10)11-9-7/h9H,3-5H2,1-2H3. The molecule has 3 nitrogen and oxygen atoms in total. The minimum Gasteiger partial charge on any atom is -0.339 e. The van der Waals surface area contributed by atoms with Crippen molar-refractivity contribution in [3.05, 3.63) is 21.7 Å². The lowest BCUT2D eigenvalue weighted by Crippen LogP contribution is -2.01.